The molecule has 1 aliphatic carbocycles. The Kier molecular flexibility index (Phi) is 4.45. The zero-order chi connectivity index (χ0) is 15.6. The highest BCUT2D eigenvalue weighted by Gasteiger charge is 2.30. The van der Waals surface area contributed by atoms with E-state index in [4.69, 9.17) is 10.5 Å². The molecule has 0 aromatic heterocycles. The van der Waals surface area contributed by atoms with Gasteiger partial charge in [0.25, 0.3) is 5.91 Å². The monoisotopic (exact) mass is 290 g/mol. The van der Waals surface area contributed by atoms with Crippen LogP contribution >= 0.6 is 0 Å². The summed E-state index contributed by atoms with van der Waals surface area (Å²) in [5.74, 6) is 0.641. The fourth-order valence-corrected chi connectivity index (χ4v) is 3.01. The topological polar surface area (TPSA) is 55.6 Å². The molecule has 1 saturated carbocycles. The van der Waals surface area contributed by atoms with E-state index in [-0.39, 0.29) is 5.91 Å². The van der Waals surface area contributed by atoms with E-state index in [0.29, 0.717) is 28.5 Å². The van der Waals surface area contributed by atoms with Crippen LogP contribution in [-0.2, 0) is 0 Å². The van der Waals surface area contributed by atoms with Gasteiger partial charge in [0.05, 0.1) is 12.8 Å². The van der Waals surface area contributed by atoms with Crippen LogP contribution in [0.1, 0.15) is 49.9 Å². The standard InChI is InChI=1S/C17H26N2O2/c1-17(2)9-7-13(8-10-17)19(3)16(20)12-5-6-15(21-4)14(18)11-12/h5-6,11,13H,7-10,18H2,1-4H3. The van der Waals surface area contributed by atoms with Crippen molar-refractivity contribution >= 4 is 11.6 Å². The molecule has 0 saturated heterocycles. The maximum Gasteiger partial charge on any atom is 0.253 e. The molecular weight excluding hydrogens is 264 g/mol. The third kappa shape index (κ3) is 3.49. The minimum atomic E-state index is 0.0362. The van der Waals surface area contributed by atoms with E-state index in [1.54, 1.807) is 25.3 Å². The number of nitrogens with zero attached hydrogens (tertiary/aromatic N) is 1. The summed E-state index contributed by atoms with van der Waals surface area (Å²) in [4.78, 5) is 14.5. The van der Waals surface area contributed by atoms with Crippen molar-refractivity contribution in [3.63, 3.8) is 0 Å². The van der Waals surface area contributed by atoms with E-state index in [1.807, 2.05) is 11.9 Å². The summed E-state index contributed by atoms with van der Waals surface area (Å²) in [5.41, 5.74) is 7.42. The van der Waals surface area contributed by atoms with Crippen LogP contribution < -0.4 is 10.5 Å². The third-order valence-corrected chi connectivity index (χ3v) is 4.65. The lowest BCUT2D eigenvalue weighted by atomic mass is 9.75. The number of carbonyl (C=O) groups is 1. The van der Waals surface area contributed by atoms with Gasteiger partial charge in [-0.2, -0.15) is 0 Å². The highest BCUT2D eigenvalue weighted by Crippen LogP contribution is 2.37. The smallest absolute Gasteiger partial charge is 0.253 e. The van der Waals surface area contributed by atoms with Crippen molar-refractivity contribution in [2.75, 3.05) is 19.9 Å². The molecule has 116 valence electrons. The van der Waals surface area contributed by atoms with Crippen LogP contribution in [0, 0.1) is 5.41 Å². The number of nitrogens with two attached hydrogens (primary N) is 1. The summed E-state index contributed by atoms with van der Waals surface area (Å²) < 4.78 is 5.13. The maximum absolute atomic E-state index is 12.6. The average Bonchev–Trinajstić information content (AvgIpc) is 2.45. The largest absolute Gasteiger partial charge is 0.495 e. The van der Waals surface area contributed by atoms with E-state index in [2.05, 4.69) is 13.8 Å². The van der Waals surface area contributed by atoms with Gasteiger partial charge in [-0.25, -0.2) is 0 Å². The Morgan fingerprint density at radius 1 is 1.33 bits per heavy atom. The minimum Gasteiger partial charge on any atom is -0.495 e. The summed E-state index contributed by atoms with van der Waals surface area (Å²) in [5, 5.41) is 0. The molecule has 4 heteroatoms. The SMILES string of the molecule is COc1ccc(C(=O)N(C)C2CCC(C)(C)CC2)cc1N. The first-order valence-corrected chi connectivity index (χ1v) is 7.55. The average molecular weight is 290 g/mol. The second-order valence-corrected chi connectivity index (χ2v) is 6.77. The van der Waals surface area contributed by atoms with Gasteiger partial charge in [0, 0.05) is 18.7 Å². The quantitative estimate of drug-likeness (QED) is 0.869. The van der Waals surface area contributed by atoms with Crippen molar-refractivity contribution in [3.05, 3.63) is 23.8 Å². The van der Waals surface area contributed by atoms with Crippen molar-refractivity contribution in [1.82, 2.24) is 4.90 Å². The normalized spacial score (nSPS) is 18.3. The Morgan fingerprint density at radius 2 is 1.95 bits per heavy atom. The molecule has 0 bridgehead atoms. The first-order valence-electron chi connectivity index (χ1n) is 7.55. The van der Waals surface area contributed by atoms with Gasteiger partial charge in [0.1, 0.15) is 5.75 Å². The minimum absolute atomic E-state index is 0.0362. The number of nitrogen functional groups attached to an aromatic ring is 1. The molecule has 1 aliphatic rings. The van der Waals surface area contributed by atoms with E-state index in [1.165, 1.54) is 12.8 Å². The van der Waals surface area contributed by atoms with E-state index in [9.17, 15) is 4.79 Å². The lowest BCUT2D eigenvalue weighted by Crippen LogP contribution is -2.40. The Balaban J connectivity index is 2.07. The number of carbonyl (C=O) groups excluding carboxylic acids is 1. The molecule has 0 aliphatic heterocycles. The maximum atomic E-state index is 12.6. The molecule has 0 spiro atoms. The predicted octanol–water partition coefficient (Wildman–Crippen LogP) is 3.32. The van der Waals surface area contributed by atoms with Gasteiger partial charge in [0.15, 0.2) is 0 Å². The first kappa shape index (κ1) is 15.7. The number of rotatable bonds is 3. The number of hydrogen-bond donors (Lipinski definition) is 1. The number of hydrogen-bond acceptors (Lipinski definition) is 3. The second-order valence-electron chi connectivity index (χ2n) is 6.77. The summed E-state index contributed by atoms with van der Waals surface area (Å²) in [6, 6.07) is 5.56. The molecule has 0 unspecified atom stereocenters. The molecule has 2 N–H and O–H groups in total. The predicted molar refractivity (Wildman–Crippen MR) is 85.5 cm³/mol. The summed E-state index contributed by atoms with van der Waals surface area (Å²) in [6.45, 7) is 4.60. The fourth-order valence-electron chi connectivity index (χ4n) is 3.01. The Labute approximate surface area is 127 Å². The second kappa shape index (κ2) is 5.96. The highest BCUT2D eigenvalue weighted by molar-refractivity contribution is 5.95. The molecule has 1 aromatic carbocycles. The fraction of sp³-hybridized carbons (Fsp3) is 0.588. The summed E-state index contributed by atoms with van der Waals surface area (Å²) in [6.07, 6.45) is 4.47. The van der Waals surface area contributed by atoms with Gasteiger partial charge >= 0.3 is 0 Å². The van der Waals surface area contributed by atoms with Crippen molar-refractivity contribution in [3.8, 4) is 5.75 Å². The van der Waals surface area contributed by atoms with Crippen molar-refractivity contribution in [2.45, 2.75) is 45.6 Å². The number of anilines is 1. The zero-order valence-corrected chi connectivity index (χ0v) is 13.5. The molecule has 4 nitrogen and oxygen atoms in total. The van der Waals surface area contributed by atoms with E-state index < -0.39 is 0 Å². The number of benzene rings is 1. The molecule has 0 radical (unpaired) electrons. The van der Waals surface area contributed by atoms with Gasteiger partial charge < -0.3 is 15.4 Å². The molecule has 0 atom stereocenters. The van der Waals surface area contributed by atoms with Crippen LogP contribution in [0.5, 0.6) is 5.75 Å². The Morgan fingerprint density at radius 3 is 2.48 bits per heavy atom. The third-order valence-electron chi connectivity index (χ3n) is 4.65. The molecule has 2 rings (SSSR count). The lowest BCUT2D eigenvalue weighted by Gasteiger charge is -2.38. The highest BCUT2D eigenvalue weighted by atomic mass is 16.5. The lowest BCUT2D eigenvalue weighted by molar-refractivity contribution is 0.0635. The summed E-state index contributed by atoms with van der Waals surface area (Å²) >= 11 is 0. The van der Waals surface area contributed by atoms with Crippen LogP contribution in [0.25, 0.3) is 0 Å². The van der Waals surface area contributed by atoms with Gasteiger partial charge in [-0.3, -0.25) is 4.79 Å². The van der Waals surface area contributed by atoms with Crippen LogP contribution in [0.3, 0.4) is 0 Å². The number of amides is 1. The number of methoxy groups -OCH3 is 1. The van der Waals surface area contributed by atoms with Crippen LogP contribution in [0.4, 0.5) is 5.69 Å². The molecule has 21 heavy (non-hydrogen) atoms. The zero-order valence-electron chi connectivity index (χ0n) is 13.5. The van der Waals surface area contributed by atoms with E-state index in [0.717, 1.165) is 12.8 Å². The first-order chi connectivity index (χ1) is 9.84. The van der Waals surface area contributed by atoms with Crippen LogP contribution in [-0.4, -0.2) is 31.0 Å². The molecule has 1 amide bonds. The van der Waals surface area contributed by atoms with Gasteiger partial charge in [-0.05, 0) is 49.3 Å². The van der Waals surface area contributed by atoms with Crippen LogP contribution in [0.15, 0.2) is 18.2 Å². The molecule has 0 heterocycles. The van der Waals surface area contributed by atoms with Crippen LogP contribution in [0.2, 0.25) is 0 Å². The van der Waals surface area contributed by atoms with Crippen molar-refractivity contribution in [2.24, 2.45) is 5.41 Å². The Hall–Kier alpha value is -1.71. The van der Waals surface area contributed by atoms with E-state index >= 15 is 0 Å². The van der Waals surface area contributed by atoms with Crippen molar-refractivity contribution in [1.29, 1.82) is 0 Å². The summed E-state index contributed by atoms with van der Waals surface area (Å²) in [7, 11) is 3.47. The number of ether oxygens (including phenoxy) is 1. The van der Waals surface area contributed by atoms with Gasteiger partial charge in [-0.15, -0.1) is 0 Å². The van der Waals surface area contributed by atoms with Crippen molar-refractivity contribution < 1.29 is 9.53 Å². The van der Waals surface area contributed by atoms with Gasteiger partial charge in [-0.1, -0.05) is 13.8 Å². The van der Waals surface area contributed by atoms with Gasteiger partial charge in [0.2, 0.25) is 0 Å². The molecular formula is C17H26N2O2. The Bertz CT molecular complexity index is 516. The molecule has 1 aromatic rings. The molecule has 1 fully saturated rings.